The SMILES string of the molecule is Cc1c(Br)cccc1-c1nnc(CCC(=O)O)o1. The van der Waals surface area contributed by atoms with Crippen LogP contribution in [-0.4, -0.2) is 21.3 Å². The van der Waals surface area contributed by atoms with Crippen molar-refractivity contribution in [2.45, 2.75) is 19.8 Å². The van der Waals surface area contributed by atoms with Gasteiger partial charge in [0.1, 0.15) is 0 Å². The Bertz CT molecular complexity index is 580. The molecule has 0 radical (unpaired) electrons. The van der Waals surface area contributed by atoms with Crippen LogP contribution in [0.5, 0.6) is 0 Å². The molecule has 0 aliphatic rings. The fraction of sp³-hybridized carbons (Fsp3) is 0.250. The number of carboxylic acids is 1. The summed E-state index contributed by atoms with van der Waals surface area (Å²) in [6.45, 7) is 1.94. The van der Waals surface area contributed by atoms with Gasteiger partial charge in [0.15, 0.2) is 0 Å². The second-order valence-electron chi connectivity index (χ2n) is 3.81. The van der Waals surface area contributed by atoms with Crippen LogP contribution in [0, 0.1) is 6.92 Å². The van der Waals surface area contributed by atoms with Crippen molar-refractivity contribution in [2.75, 3.05) is 0 Å². The maximum atomic E-state index is 10.5. The van der Waals surface area contributed by atoms with Crippen molar-refractivity contribution < 1.29 is 14.3 Å². The highest BCUT2D eigenvalue weighted by Gasteiger charge is 2.12. The molecule has 0 aliphatic carbocycles. The fourth-order valence-corrected chi connectivity index (χ4v) is 1.88. The van der Waals surface area contributed by atoms with Crippen LogP contribution in [0.25, 0.3) is 11.5 Å². The Kier molecular flexibility index (Phi) is 3.76. The zero-order valence-electron chi connectivity index (χ0n) is 9.68. The van der Waals surface area contributed by atoms with Crippen molar-refractivity contribution in [2.24, 2.45) is 0 Å². The van der Waals surface area contributed by atoms with Crippen LogP contribution in [0.1, 0.15) is 17.9 Å². The molecule has 1 aromatic heterocycles. The van der Waals surface area contributed by atoms with Crippen LogP contribution < -0.4 is 0 Å². The molecule has 1 N–H and O–H groups in total. The number of carboxylic acid groups (broad SMARTS) is 1. The average Bonchev–Trinajstić information content (AvgIpc) is 2.78. The van der Waals surface area contributed by atoms with Gasteiger partial charge in [-0.3, -0.25) is 4.79 Å². The third-order valence-corrected chi connectivity index (χ3v) is 3.38. The standard InChI is InChI=1S/C12H11BrN2O3/c1-7-8(3-2-4-9(7)13)12-15-14-10(18-12)5-6-11(16)17/h2-4H,5-6H2,1H3,(H,16,17). The summed E-state index contributed by atoms with van der Waals surface area (Å²) in [6, 6.07) is 5.70. The lowest BCUT2D eigenvalue weighted by Crippen LogP contribution is -1.97. The van der Waals surface area contributed by atoms with E-state index in [1.807, 2.05) is 25.1 Å². The Labute approximate surface area is 112 Å². The van der Waals surface area contributed by atoms with E-state index >= 15 is 0 Å². The van der Waals surface area contributed by atoms with E-state index in [0.717, 1.165) is 15.6 Å². The Morgan fingerprint density at radius 1 is 1.44 bits per heavy atom. The van der Waals surface area contributed by atoms with E-state index in [1.54, 1.807) is 0 Å². The zero-order valence-corrected chi connectivity index (χ0v) is 11.3. The number of aliphatic carboxylic acids is 1. The maximum Gasteiger partial charge on any atom is 0.303 e. The van der Waals surface area contributed by atoms with E-state index in [9.17, 15) is 4.79 Å². The second kappa shape index (κ2) is 5.30. The predicted octanol–water partition coefficient (Wildman–Crippen LogP) is 2.82. The lowest BCUT2D eigenvalue weighted by Gasteiger charge is -2.02. The van der Waals surface area contributed by atoms with Crippen LogP contribution in [0.15, 0.2) is 27.1 Å². The van der Waals surface area contributed by atoms with Crippen molar-refractivity contribution in [3.8, 4) is 11.5 Å². The third kappa shape index (κ3) is 2.76. The van der Waals surface area contributed by atoms with Crippen molar-refractivity contribution in [3.05, 3.63) is 34.1 Å². The average molecular weight is 311 g/mol. The van der Waals surface area contributed by atoms with Gasteiger partial charge in [0.2, 0.25) is 11.8 Å². The summed E-state index contributed by atoms with van der Waals surface area (Å²) in [5.74, 6) is -0.130. The Balaban J connectivity index is 2.24. The number of halogens is 1. The van der Waals surface area contributed by atoms with Crippen LogP contribution in [0.3, 0.4) is 0 Å². The van der Waals surface area contributed by atoms with Gasteiger partial charge in [0.05, 0.1) is 6.42 Å². The fourth-order valence-electron chi connectivity index (χ4n) is 1.52. The number of hydrogen-bond acceptors (Lipinski definition) is 4. The first-order valence-corrected chi connectivity index (χ1v) is 6.17. The van der Waals surface area contributed by atoms with E-state index < -0.39 is 5.97 Å². The van der Waals surface area contributed by atoms with Gasteiger partial charge in [-0.15, -0.1) is 10.2 Å². The molecule has 0 saturated carbocycles. The topological polar surface area (TPSA) is 76.2 Å². The molecule has 2 aromatic rings. The molecular weight excluding hydrogens is 300 g/mol. The highest BCUT2D eigenvalue weighted by molar-refractivity contribution is 9.10. The molecule has 5 nitrogen and oxygen atoms in total. The highest BCUT2D eigenvalue weighted by atomic mass is 79.9. The molecule has 0 aliphatic heterocycles. The summed E-state index contributed by atoms with van der Waals surface area (Å²) in [7, 11) is 0. The minimum Gasteiger partial charge on any atom is -0.481 e. The molecule has 0 amide bonds. The molecule has 1 aromatic carbocycles. The van der Waals surface area contributed by atoms with Gasteiger partial charge in [-0.05, 0) is 24.6 Å². The Morgan fingerprint density at radius 3 is 2.94 bits per heavy atom. The first-order valence-electron chi connectivity index (χ1n) is 5.37. The lowest BCUT2D eigenvalue weighted by atomic mass is 10.1. The molecule has 6 heteroatoms. The van der Waals surface area contributed by atoms with E-state index in [2.05, 4.69) is 26.1 Å². The number of carbonyl (C=O) groups is 1. The third-order valence-electron chi connectivity index (χ3n) is 2.52. The number of benzene rings is 1. The maximum absolute atomic E-state index is 10.5. The molecule has 18 heavy (non-hydrogen) atoms. The quantitative estimate of drug-likeness (QED) is 0.939. The van der Waals surface area contributed by atoms with Gasteiger partial charge >= 0.3 is 5.97 Å². The molecular formula is C12H11BrN2O3. The normalized spacial score (nSPS) is 10.6. The van der Waals surface area contributed by atoms with Gasteiger partial charge in [-0.25, -0.2) is 0 Å². The van der Waals surface area contributed by atoms with E-state index in [4.69, 9.17) is 9.52 Å². The predicted molar refractivity (Wildman–Crippen MR) is 68.1 cm³/mol. The molecule has 2 rings (SSSR count). The summed E-state index contributed by atoms with van der Waals surface area (Å²) in [5.41, 5.74) is 1.85. The molecule has 0 saturated heterocycles. The van der Waals surface area contributed by atoms with Crippen LogP contribution in [0.4, 0.5) is 0 Å². The summed E-state index contributed by atoms with van der Waals surface area (Å²) in [5, 5.41) is 16.4. The molecule has 0 spiro atoms. The van der Waals surface area contributed by atoms with Gasteiger partial charge in [-0.1, -0.05) is 22.0 Å². The monoisotopic (exact) mass is 310 g/mol. The van der Waals surface area contributed by atoms with Gasteiger partial charge in [0, 0.05) is 16.5 Å². The minimum atomic E-state index is -0.881. The highest BCUT2D eigenvalue weighted by Crippen LogP contribution is 2.27. The molecule has 0 fully saturated rings. The van der Waals surface area contributed by atoms with Crippen molar-refractivity contribution in [3.63, 3.8) is 0 Å². The number of aryl methyl sites for hydroxylation is 1. The first kappa shape index (κ1) is 12.8. The summed E-state index contributed by atoms with van der Waals surface area (Å²) in [4.78, 5) is 10.5. The minimum absolute atomic E-state index is 0.0148. The summed E-state index contributed by atoms with van der Waals surface area (Å²) >= 11 is 3.43. The lowest BCUT2D eigenvalue weighted by molar-refractivity contribution is -0.137. The molecule has 1 heterocycles. The summed E-state index contributed by atoms with van der Waals surface area (Å²) < 4.78 is 6.41. The number of aromatic nitrogens is 2. The number of hydrogen-bond donors (Lipinski definition) is 1. The Morgan fingerprint density at radius 2 is 2.22 bits per heavy atom. The first-order chi connectivity index (χ1) is 8.58. The molecule has 0 atom stereocenters. The Hall–Kier alpha value is -1.69. The van der Waals surface area contributed by atoms with Crippen LogP contribution in [-0.2, 0) is 11.2 Å². The molecule has 0 unspecified atom stereocenters. The van der Waals surface area contributed by atoms with Crippen molar-refractivity contribution >= 4 is 21.9 Å². The largest absolute Gasteiger partial charge is 0.481 e. The van der Waals surface area contributed by atoms with Gasteiger partial charge in [-0.2, -0.15) is 0 Å². The van der Waals surface area contributed by atoms with Crippen molar-refractivity contribution in [1.82, 2.24) is 10.2 Å². The zero-order chi connectivity index (χ0) is 13.1. The van der Waals surface area contributed by atoms with Gasteiger partial charge in [0.25, 0.3) is 0 Å². The second-order valence-corrected chi connectivity index (χ2v) is 4.66. The number of rotatable bonds is 4. The van der Waals surface area contributed by atoms with Crippen molar-refractivity contribution in [1.29, 1.82) is 0 Å². The molecule has 94 valence electrons. The molecule has 0 bridgehead atoms. The van der Waals surface area contributed by atoms with Crippen LogP contribution in [0.2, 0.25) is 0 Å². The van der Waals surface area contributed by atoms with E-state index in [0.29, 0.717) is 11.8 Å². The number of nitrogens with zero attached hydrogens (tertiary/aromatic N) is 2. The van der Waals surface area contributed by atoms with E-state index in [-0.39, 0.29) is 12.8 Å². The van der Waals surface area contributed by atoms with Crippen LogP contribution >= 0.6 is 15.9 Å². The van der Waals surface area contributed by atoms with E-state index in [1.165, 1.54) is 0 Å². The smallest absolute Gasteiger partial charge is 0.303 e. The van der Waals surface area contributed by atoms with Gasteiger partial charge < -0.3 is 9.52 Å². The summed E-state index contributed by atoms with van der Waals surface area (Å²) in [6.07, 6.45) is 0.231.